The molecule has 0 saturated carbocycles. The summed E-state index contributed by atoms with van der Waals surface area (Å²) in [7, 11) is -3.81. The molecule has 1 atom stereocenters. The van der Waals surface area contributed by atoms with Gasteiger partial charge in [0.2, 0.25) is 9.84 Å². The van der Waals surface area contributed by atoms with E-state index < -0.39 is 20.9 Å². The number of anilines is 1. The second-order valence-electron chi connectivity index (χ2n) is 7.60. The molecule has 3 rings (SSSR count). The van der Waals surface area contributed by atoms with Gasteiger partial charge in [-0.05, 0) is 47.2 Å². The molecule has 1 aliphatic rings. The molecule has 0 radical (unpaired) electrons. The minimum Gasteiger partial charge on any atom is -0.478 e. The molecular weight excluding hydrogens is 366 g/mol. The molecule has 1 aliphatic heterocycles. The topological polar surface area (TPSA) is 101 Å². The fraction of sp³-hybridized carbons (Fsp3) is 0.300. The van der Waals surface area contributed by atoms with E-state index in [-0.39, 0.29) is 22.6 Å². The zero-order valence-corrected chi connectivity index (χ0v) is 16.1. The lowest BCUT2D eigenvalue weighted by molar-refractivity contribution is 0.0696. The number of aromatic carboxylic acids is 1. The number of hydrogen-bond acceptors (Lipinski definition) is 5. The zero-order valence-electron chi connectivity index (χ0n) is 15.3. The van der Waals surface area contributed by atoms with Gasteiger partial charge in [-0.15, -0.1) is 0 Å². The van der Waals surface area contributed by atoms with E-state index in [1.165, 1.54) is 6.07 Å². The van der Waals surface area contributed by atoms with E-state index in [0.29, 0.717) is 6.42 Å². The lowest BCUT2D eigenvalue weighted by Gasteiger charge is -2.41. The highest BCUT2D eigenvalue weighted by molar-refractivity contribution is 8.06. The summed E-state index contributed by atoms with van der Waals surface area (Å²) in [4.78, 5) is 23.3. The van der Waals surface area contributed by atoms with Crippen molar-refractivity contribution < 1.29 is 23.1 Å². The Hall–Kier alpha value is -2.67. The molecule has 0 spiro atoms. The van der Waals surface area contributed by atoms with Crippen LogP contribution < -0.4 is 5.32 Å². The van der Waals surface area contributed by atoms with Crippen LogP contribution >= 0.6 is 0 Å². The van der Waals surface area contributed by atoms with Gasteiger partial charge in [0, 0.05) is 17.5 Å². The second-order valence-corrected chi connectivity index (χ2v) is 9.52. The molecule has 0 fully saturated rings. The van der Waals surface area contributed by atoms with Crippen LogP contribution in [0.2, 0.25) is 0 Å². The van der Waals surface area contributed by atoms with Gasteiger partial charge in [-0.2, -0.15) is 0 Å². The molecule has 0 aliphatic carbocycles. The Balaban J connectivity index is 2.01. The summed E-state index contributed by atoms with van der Waals surface area (Å²) in [5, 5.41) is 11.7. The lowest BCUT2D eigenvalue weighted by Crippen LogP contribution is -2.35. The highest BCUT2D eigenvalue weighted by Crippen LogP contribution is 2.45. The van der Waals surface area contributed by atoms with Crippen LogP contribution in [0.25, 0.3) is 0 Å². The van der Waals surface area contributed by atoms with E-state index in [1.807, 2.05) is 19.9 Å². The quantitative estimate of drug-likeness (QED) is 0.838. The number of benzene rings is 2. The van der Waals surface area contributed by atoms with E-state index in [9.17, 15) is 23.1 Å². The average Bonchev–Trinajstić information content (AvgIpc) is 2.58. The number of carbonyl (C=O) groups excluding carboxylic acids is 1. The normalized spacial score (nSPS) is 18.3. The van der Waals surface area contributed by atoms with Crippen molar-refractivity contribution in [2.24, 2.45) is 5.41 Å². The maximum atomic E-state index is 12.1. The van der Waals surface area contributed by atoms with Gasteiger partial charge in [0.15, 0.2) is 0 Å². The maximum absolute atomic E-state index is 12.1. The highest BCUT2D eigenvalue weighted by Gasteiger charge is 2.36. The number of carbonyl (C=O) groups is 2. The molecular formula is C20H21NO5S. The van der Waals surface area contributed by atoms with E-state index in [0.717, 1.165) is 23.1 Å². The highest BCUT2D eigenvalue weighted by atomic mass is 32.2. The Bertz CT molecular complexity index is 1040. The van der Waals surface area contributed by atoms with E-state index in [2.05, 4.69) is 5.32 Å². The van der Waals surface area contributed by atoms with Gasteiger partial charge in [0.25, 0.3) is 5.12 Å². The van der Waals surface area contributed by atoms with Crippen molar-refractivity contribution in [2.75, 3.05) is 11.6 Å². The summed E-state index contributed by atoms with van der Waals surface area (Å²) in [6.45, 7) is 4.10. The first-order chi connectivity index (χ1) is 12.5. The molecule has 0 aromatic heterocycles. The van der Waals surface area contributed by atoms with Gasteiger partial charge in [0.1, 0.15) is 0 Å². The molecule has 2 aromatic rings. The third kappa shape index (κ3) is 3.73. The van der Waals surface area contributed by atoms with Gasteiger partial charge in [0.05, 0.1) is 11.6 Å². The third-order valence-corrected chi connectivity index (χ3v) is 5.78. The van der Waals surface area contributed by atoms with Crippen LogP contribution in [0.1, 0.15) is 51.7 Å². The maximum Gasteiger partial charge on any atom is 0.335 e. The zero-order chi connectivity index (χ0) is 20.0. The van der Waals surface area contributed by atoms with Crippen molar-refractivity contribution in [2.45, 2.75) is 26.3 Å². The molecule has 27 heavy (non-hydrogen) atoms. The standard InChI is InChI=1S/C20H21NO5S/c1-20(2)11-15-10-13(18(22)23)7-8-16(15)21-17(20)12-5-4-6-14(9-12)19(24)27(3,25)26/h4-10,17,21H,11H2,1-3H3,(H,22,23). The third-order valence-electron chi connectivity index (χ3n) is 4.87. The van der Waals surface area contributed by atoms with E-state index in [1.54, 1.807) is 30.3 Å². The molecule has 142 valence electrons. The summed E-state index contributed by atoms with van der Waals surface area (Å²) in [6.07, 6.45) is 1.55. The molecule has 0 saturated heterocycles. The minimum absolute atomic E-state index is 0.139. The van der Waals surface area contributed by atoms with Crippen molar-refractivity contribution >= 4 is 26.6 Å². The van der Waals surface area contributed by atoms with Crippen LogP contribution in [-0.2, 0) is 16.3 Å². The fourth-order valence-electron chi connectivity index (χ4n) is 3.55. The van der Waals surface area contributed by atoms with Crippen LogP contribution in [0.5, 0.6) is 0 Å². The van der Waals surface area contributed by atoms with E-state index >= 15 is 0 Å². The van der Waals surface area contributed by atoms with Crippen molar-refractivity contribution in [3.05, 3.63) is 64.7 Å². The average molecular weight is 387 g/mol. The molecule has 2 aromatic carbocycles. The molecule has 1 heterocycles. The second kappa shape index (κ2) is 6.49. The molecule has 1 unspecified atom stereocenters. The molecule has 2 N–H and O–H groups in total. The number of hydrogen-bond donors (Lipinski definition) is 2. The Kier molecular flexibility index (Phi) is 4.59. The van der Waals surface area contributed by atoms with Crippen molar-refractivity contribution in [3.63, 3.8) is 0 Å². The number of fused-ring (bicyclic) bond motifs is 1. The Labute approximate surface area is 158 Å². The van der Waals surface area contributed by atoms with Crippen LogP contribution in [0.15, 0.2) is 42.5 Å². The first kappa shape index (κ1) is 19.1. The predicted molar refractivity (Wildman–Crippen MR) is 103 cm³/mol. The van der Waals surface area contributed by atoms with Crippen LogP contribution in [0.3, 0.4) is 0 Å². The van der Waals surface area contributed by atoms with Gasteiger partial charge in [-0.1, -0.05) is 32.0 Å². The van der Waals surface area contributed by atoms with Gasteiger partial charge >= 0.3 is 5.97 Å². The largest absolute Gasteiger partial charge is 0.478 e. The van der Waals surface area contributed by atoms with E-state index in [4.69, 9.17) is 0 Å². The van der Waals surface area contributed by atoms with Crippen molar-refractivity contribution in [3.8, 4) is 0 Å². The SMILES string of the molecule is CC1(C)Cc2cc(C(=O)O)ccc2NC1c1cccc(C(=O)S(C)(=O)=O)c1. The summed E-state index contributed by atoms with van der Waals surface area (Å²) in [5.41, 5.74) is 2.66. The van der Waals surface area contributed by atoms with Crippen molar-refractivity contribution in [1.82, 2.24) is 0 Å². The predicted octanol–water partition coefficient (Wildman–Crippen LogP) is 3.31. The summed E-state index contributed by atoms with van der Waals surface area (Å²) in [5.74, 6) is -0.968. The summed E-state index contributed by atoms with van der Waals surface area (Å²) < 4.78 is 23.2. The van der Waals surface area contributed by atoms with Crippen LogP contribution in [0.4, 0.5) is 5.69 Å². The number of carboxylic acids is 1. The number of carboxylic acid groups (broad SMARTS) is 1. The number of nitrogens with one attached hydrogen (secondary N) is 1. The first-order valence-electron chi connectivity index (χ1n) is 8.46. The van der Waals surface area contributed by atoms with Gasteiger partial charge in [-0.25, -0.2) is 13.2 Å². The van der Waals surface area contributed by atoms with Gasteiger partial charge < -0.3 is 10.4 Å². The van der Waals surface area contributed by atoms with Gasteiger partial charge in [-0.3, -0.25) is 4.79 Å². The van der Waals surface area contributed by atoms with Crippen LogP contribution in [0, 0.1) is 5.41 Å². The first-order valence-corrected chi connectivity index (χ1v) is 10.4. The monoisotopic (exact) mass is 387 g/mol. The Morgan fingerprint density at radius 1 is 1.11 bits per heavy atom. The van der Waals surface area contributed by atoms with Crippen LogP contribution in [-0.4, -0.2) is 30.9 Å². The number of rotatable bonds is 3. The summed E-state index contributed by atoms with van der Waals surface area (Å²) in [6, 6.07) is 11.4. The molecule has 6 nitrogen and oxygen atoms in total. The molecule has 7 heteroatoms. The lowest BCUT2D eigenvalue weighted by atomic mass is 9.72. The summed E-state index contributed by atoms with van der Waals surface area (Å²) >= 11 is 0. The Morgan fingerprint density at radius 3 is 2.44 bits per heavy atom. The van der Waals surface area contributed by atoms with Crippen molar-refractivity contribution in [1.29, 1.82) is 0 Å². The fourth-order valence-corrected chi connectivity index (χ4v) is 4.11. The Morgan fingerprint density at radius 2 is 1.81 bits per heavy atom. The number of sulfone groups is 1. The molecule has 0 amide bonds. The molecule has 0 bridgehead atoms. The smallest absolute Gasteiger partial charge is 0.335 e. The minimum atomic E-state index is -3.81.